The SMILES string of the molecule is CCN(c1ccccc1)c1nc(N)[n+](C)c2c1CCCC2.[I-]. The Morgan fingerprint density at radius 3 is 2.55 bits per heavy atom. The van der Waals surface area contributed by atoms with Crippen molar-refractivity contribution >= 4 is 17.5 Å². The normalized spacial score (nSPS) is 13.2. The standard InChI is InChI=1S/C17H22N4.HI/c1-3-21(13-9-5-4-6-10-13)16-14-11-7-8-12-15(14)20(2)17(18)19-16;/h4-6,9-10,18H,3,7-8,11-12H2,1-2H3;1H. The number of aromatic nitrogens is 2. The van der Waals surface area contributed by atoms with Gasteiger partial charge in [-0.2, -0.15) is 0 Å². The second-order valence-electron chi connectivity index (χ2n) is 5.56. The van der Waals surface area contributed by atoms with Crippen LogP contribution < -0.4 is 39.2 Å². The summed E-state index contributed by atoms with van der Waals surface area (Å²) in [5, 5.41) is 0. The fourth-order valence-corrected chi connectivity index (χ4v) is 3.18. The average Bonchev–Trinajstić information content (AvgIpc) is 2.54. The molecule has 0 saturated carbocycles. The number of anilines is 3. The van der Waals surface area contributed by atoms with Crippen molar-refractivity contribution in [2.24, 2.45) is 7.05 Å². The van der Waals surface area contributed by atoms with Crippen LogP contribution in [0.4, 0.5) is 17.5 Å². The van der Waals surface area contributed by atoms with Crippen LogP contribution in [0.5, 0.6) is 0 Å². The van der Waals surface area contributed by atoms with Gasteiger partial charge in [0, 0.05) is 24.2 Å². The molecule has 4 nitrogen and oxygen atoms in total. The molecule has 0 bridgehead atoms. The van der Waals surface area contributed by atoms with Crippen LogP contribution in [-0.4, -0.2) is 11.5 Å². The molecule has 1 aromatic heterocycles. The second kappa shape index (κ2) is 7.26. The van der Waals surface area contributed by atoms with E-state index >= 15 is 0 Å². The van der Waals surface area contributed by atoms with Gasteiger partial charge in [0.1, 0.15) is 0 Å². The van der Waals surface area contributed by atoms with Gasteiger partial charge in [-0.25, -0.2) is 4.57 Å². The quantitative estimate of drug-likeness (QED) is 0.550. The summed E-state index contributed by atoms with van der Waals surface area (Å²) < 4.78 is 2.05. The molecular weight excluding hydrogens is 387 g/mol. The Morgan fingerprint density at radius 2 is 1.86 bits per heavy atom. The fraction of sp³-hybridized carbons (Fsp3) is 0.412. The van der Waals surface area contributed by atoms with E-state index in [1.807, 2.05) is 13.1 Å². The summed E-state index contributed by atoms with van der Waals surface area (Å²) in [6, 6.07) is 10.4. The molecule has 0 unspecified atom stereocenters. The third-order valence-electron chi connectivity index (χ3n) is 4.32. The van der Waals surface area contributed by atoms with Crippen LogP contribution in [-0.2, 0) is 19.9 Å². The van der Waals surface area contributed by atoms with Gasteiger partial charge < -0.3 is 28.9 Å². The number of hydrogen-bond acceptors (Lipinski definition) is 3. The number of halogens is 1. The molecule has 0 amide bonds. The van der Waals surface area contributed by atoms with Crippen LogP contribution in [0.3, 0.4) is 0 Å². The van der Waals surface area contributed by atoms with Crippen LogP contribution in [0.15, 0.2) is 30.3 Å². The summed E-state index contributed by atoms with van der Waals surface area (Å²) in [6.07, 6.45) is 4.66. The van der Waals surface area contributed by atoms with Crippen molar-refractivity contribution in [2.75, 3.05) is 17.2 Å². The first-order valence-electron chi connectivity index (χ1n) is 7.72. The topological polar surface area (TPSA) is 46.0 Å². The van der Waals surface area contributed by atoms with Crippen LogP contribution in [0.25, 0.3) is 0 Å². The Morgan fingerprint density at radius 1 is 1.18 bits per heavy atom. The van der Waals surface area contributed by atoms with Crippen molar-refractivity contribution in [3.05, 3.63) is 41.6 Å². The van der Waals surface area contributed by atoms with E-state index in [4.69, 9.17) is 10.7 Å². The minimum Gasteiger partial charge on any atom is -1.00 e. The lowest BCUT2D eigenvalue weighted by Gasteiger charge is -2.26. The minimum absolute atomic E-state index is 0. The Kier molecular flexibility index (Phi) is 5.61. The summed E-state index contributed by atoms with van der Waals surface area (Å²) in [7, 11) is 2.02. The number of hydrogen-bond donors (Lipinski definition) is 1. The van der Waals surface area contributed by atoms with E-state index in [1.54, 1.807) is 0 Å². The molecule has 5 heteroatoms. The van der Waals surface area contributed by atoms with Crippen LogP contribution in [0, 0.1) is 0 Å². The Bertz CT molecular complexity index is 643. The number of benzene rings is 1. The fourth-order valence-electron chi connectivity index (χ4n) is 3.18. The molecule has 0 spiro atoms. The van der Waals surface area contributed by atoms with Crippen molar-refractivity contribution in [3.8, 4) is 0 Å². The number of nitrogen functional groups attached to an aromatic ring is 1. The van der Waals surface area contributed by atoms with E-state index in [-0.39, 0.29) is 24.0 Å². The number of rotatable bonds is 3. The van der Waals surface area contributed by atoms with E-state index in [9.17, 15) is 0 Å². The van der Waals surface area contributed by atoms with E-state index in [2.05, 4.69) is 40.7 Å². The predicted octanol–water partition coefficient (Wildman–Crippen LogP) is -0.471. The zero-order valence-electron chi connectivity index (χ0n) is 13.2. The lowest BCUT2D eigenvalue weighted by Crippen LogP contribution is -3.00. The Balaban J connectivity index is 0.00000176. The molecule has 0 saturated heterocycles. The smallest absolute Gasteiger partial charge is 0.391 e. The van der Waals surface area contributed by atoms with Gasteiger partial charge in [0.05, 0.1) is 12.7 Å². The molecule has 22 heavy (non-hydrogen) atoms. The maximum atomic E-state index is 6.14. The zero-order chi connectivity index (χ0) is 14.8. The zero-order valence-corrected chi connectivity index (χ0v) is 15.4. The van der Waals surface area contributed by atoms with Crippen LogP contribution >= 0.6 is 0 Å². The number of para-hydroxylation sites is 1. The third-order valence-corrected chi connectivity index (χ3v) is 4.32. The first kappa shape index (κ1) is 17.0. The van der Waals surface area contributed by atoms with Gasteiger partial charge in [-0.05, 0) is 38.3 Å². The third kappa shape index (κ3) is 3.04. The highest BCUT2D eigenvalue weighted by Crippen LogP contribution is 2.31. The van der Waals surface area contributed by atoms with Gasteiger partial charge in [-0.1, -0.05) is 23.2 Å². The van der Waals surface area contributed by atoms with E-state index in [1.165, 1.54) is 29.8 Å². The molecule has 2 aromatic rings. The lowest BCUT2D eigenvalue weighted by molar-refractivity contribution is -0.667. The molecule has 0 radical (unpaired) electrons. The van der Waals surface area contributed by atoms with Gasteiger partial charge in [0.2, 0.25) is 5.82 Å². The molecule has 1 heterocycles. The molecule has 118 valence electrons. The minimum atomic E-state index is 0. The summed E-state index contributed by atoms with van der Waals surface area (Å²) >= 11 is 0. The van der Waals surface area contributed by atoms with Crippen molar-refractivity contribution < 1.29 is 28.5 Å². The van der Waals surface area contributed by atoms with Crippen molar-refractivity contribution in [2.45, 2.75) is 32.6 Å². The summed E-state index contributed by atoms with van der Waals surface area (Å²) in [5.74, 6) is 1.63. The van der Waals surface area contributed by atoms with Crippen LogP contribution in [0.1, 0.15) is 31.0 Å². The van der Waals surface area contributed by atoms with Gasteiger partial charge in [-0.15, -0.1) is 0 Å². The molecule has 3 rings (SSSR count). The summed E-state index contributed by atoms with van der Waals surface area (Å²) in [6.45, 7) is 3.05. The van der Waals surface area contributed by atoms with E-state index in [0.29, 0.717) is 5.95 Å². The Hall–Kier alpha value is -1.37. The summed E-state index contributed by atoms with van der Waals surface area (Å²) in [4.78, 5) is 6.96. The number of nitrogens with two attached hydrogens (primary N) is 1. The molecular formula is C17H23IN4. The van der Waals surface area contributed by atoms with E-state index < -0.39 is 0 Å². The van der Waals surface area contributed by atoms with Gasteiger partial charge in [0.25, 0.3) is 0 Å². The molecule has 1 aliphatic rings. The van der Waals surface area contributed by atoms with Crippen molar-refractivity contribution in [1.82, 2.24) is 4.98 Å². The maximum Gasteiger partial charge on any atom is 0.391 e. The first-order valence-corrected chi connectivity index (χ1v) is 7.72. The molecule has 1 aromatic carbocycles. The molecule has 1 aliphatic carbocycles. The maximum absolute atomic E-state index is 6.14. The highest BCUT2D eigenvalue weighted by Gasteiger charge is 2.27. The predicted molar refractivity (Wildman–Crippen MR) is 85.6 cm³/mol. The van der Waals surface area contributed by atoms with Crippen molar-refractivity contribution in [3.63, 3.8) is 0 Å². The Labute approximate surface area is 149 Å². The number of nitrogens with zero attached hydrogens (tertiary/aromatic N) is 3. The monoisotopic (exact) mass is 410 g/mol. The number of fused-ring (bicyclic) bond motifs is 1. The van der Waals surface area contributed by atoms with Gasteiger partial charge in [-0.3, -0.25) is 5.73 Å². The molecule has 0 fully saturated rings. The van der Waals surface area contributed by atoms with Crippen LogP contribution in [0.2, 0.25) is 0 Å². The average molecular weight is 410 g/mol. The molecule has 0 aliphatic heterocycles. The highest BCUT2D eigenvalue weighted by atomic mass is 127. The largest absolute Gasteiger partial charge is 1.00 e. The summed E-state index contributed by atoms with van der Waals surface area (Å²) in [5.41, 5.74) is 10.0. The highest BCUT2D eigenvalue weighted by molar-refractivity contribution is 5.64. The molecule has 2 N–H and O–H groups in total. The van der Waals surface area contributed by atoms with Gasteiger partial charge >= 0.3 is 5.95 Å². The van der Waals surface area contributed by atoms with E-state index in [0.717, 1.165) is 25.2 Å². The van der Waals surface area contributed by atoms with Gasteiger partial charge in [0.15, 0.2) is 0 Å². The lowest BCUT2D eigenvalue weighted by atomic mass is 9.95. The second-order valence-corrected chi connectivity index (χ2v) is 5.56. The first-order chi connectivity index (χ1) is 10.2. The molecule has 0 atom stereocenters. The van der Waals surface area contributed by atoms with Crippen molar-refractivity contribution in [1.29, 1.82) is 0 Å².